The minimum absolute atomic E-state index is 0.0501. The summed E-state index contributed by atoms with van der Waals surface area (Å²) in [5.74, 6) is -0.0227. The van der Waals surface area contributed by atoms with E-state index in [1.54, 1.807) is 6.07 Å². The first-order valence-electron chi connectivity index (χ1n) is 6.96. The lowest BCUT2D eigenvalue weighted by Gasteiger charge is -2.25. The highest BCUT2D eigenvalue weighted by Gasteiger charge is 2.34. The summed E-state index contributed by atoms with van der Waals surface area (Å²) >= 11 is 1.48. The van der Waals surface area contributed by atoms with Crippen molar-refractivity contribution in [3.63, 3.8) is 0 Å². The molecular formula is C17H11N3O2S. The Hall–Kier alpha value is -3.04. The standard InChI is InChI=1S/C17H11N3O2S/c18-8-10-13(12-6-3-7-23-12)14-15(22-16(10)19)9-4-1-2-5-11(9)20-17(14)21/h1-7,13H,19H2,(H,20,21)/t13-/m0/s1. The van der Waals surface area contributed by atoms with Gasteiger partial charge in [0.2, 0.25) is 5.88 Å². The molecule has 3 heterocycles. The Labute approximate surface area is 135 Å². The van der Waals surface area contributed by atoms with E-state index in [1.165, 1.54) is 11.3 Å². The summed E-state index contributed by atoms with van der Waals surface area (Å²) in [6, 6.07) is 13.2. The quantitative estimate of drug-likeness (QED) is 0.721. The highest BCUT2D eigenvalue weighted by atomic mass is 32.1. The number of aromatic nitrogens is 1. The van der Waals surface area contributed by atoms with E-state index >= 15 is 0 Å². The second-order valence-electron chi connectivity index (χ2n) is 5.18. The lowest BCUT2D eigenvalue weighted by molar-refractivity contribution is 0.397. The van der Waals surface area contributed by atoms with Gasteiger partial charge in [-0.1, -0.05) is 18.2 Å². The highest BCUT2D eigenvalue weighted by molar-refractivity contribution is 7.10. The Morgan fingerprint density at radius 1 is 1.26 bits per heavy atom. The third kappa shape index (κ3) is 1.94. The molecule has 3 N–H and O–H groups in total. The summed E-state index contributed by atoms with van der Waals surface area (Å²) in [7, 11) is 0. The van der Waals surface area contributed by atoms with Crippen LogP contribution in [-0.2, 0) is 0 Å². The van der Waals surface area contributed by atoms with Crippen LogP contribution in [0.3, 0.4) is 0 Å². The molecule has 1 atom stereocenters. The van der Waals surface area contributed by atoms with E-state index < -0.39 is 5.92 Å². The maximum Gasteiger partial charge on any atom is 0.256 e. The number of nitrogens with two attached hydrogens (primary N) is 1. The molecule has 0 radical (unpaired) electrons. The minimum atomic E-state index is -0.503. The van der Waals surface area contributed by atoms with Crippen molar-refractivity contribution in [1.29, 1.82) is 5.26 Å². The molecule has 2 aromatic heterocycles. The third-order valence-corrected chi connectivity index (χ3v) is 4.85. The Bertz CT molecular complexity index is 1040. The van der Waals surface area contributed by atoms with Crippen molar-refractivity contribution in [1.82, 2.24) is 4.98 Å². The predicted octanol–water partition coefficient (Wildman–Crippen LogP) is 2.81. The van der Waals surface area contributed by atoms with Crippen molar-refractivity contribution in [3.05, 3.63) is 74.0 Å². The number of H-pyrrole nitrogens is 1. The highest BCUT2D eigenvalue weighted by Crippen LogP contribution is 2.43. The van der Waals surface area contributed by atoms with Gasteiger partial charge < -0.3 is 15.5 Å². The zero-order valence-electron chi connectivity index (χ0n) is 11.9. The maximum atomic E-state index is 12.6. The van der Waals surface area contributed by atoms with Crippen molar-refractivity contribution in [3.8, 4) is 11.8 Å². The first-order chi connectivity index (χ1) is 11.2. The number of nitriles is 1. The molecule has 0 saturated heterocycles. The first kappa shape index (κ1) is 13.6. The number of hydrogen-bond acceptors (Lipinski definition) is 5. The van der Waals surface area contributed by atoms with Crippen LogP contribution in [0.4, 0.5) is 0 Å². The first-order valence-corrected chi connectivity index (χ1v) is 7.84. The fourth-order valence-electron chi connectivity index (χ4n) is 2.91. The van der Waals surface area contributed by atoms with Crippen LogP contribution in [0.5, 0.6) is 5.75 Å². The normalized spacial score (nSPS) is 16.7. The number of pyridine rings is 1. The Morgan fingerprint density at radius 2 is 2.09 bits per heavy atom. The summed E-state index contributed by atoms with van der Waals surface area (Å²) in [5, 5.41) is 12.2. The molecule has 5 nitrogen and oxygen atoms in total. The molecule has 6 heteroatoms. The van der Waals surface area contributed by atoms with Crippen molar-refractivity contribution in [2.75, 3.05) is 0 Å². The topological polar surface area (TPSA) is 91.9 Å². The molecule has 0 aliphatic carbocycles. The average molecular weight is 321 g/mol. The van der Waals surface area contributed by atoms with E-state index in [2.05, 4.69) is 11.1 Å². The van der Waals surface area contributed by atoms with Crippen LogP contribution < -0.4 is 16.0 Å². The number of rotatable bonds is 1. The molecule has 0 fully saturated rings. The van der Waals surface area contributed by atoms with Crippen LogP contribution >= 0.6 is 11.3 Å². The lowest BCUT2D eigenvalue weighted by atomic mass is 9.88. The van der Waals surface area contributed by atoms with E-state index in [-0.39, 0.29) is 17.0 Å². The Kier molecular flexibility index (Phi) is 2.96. The second-order valence-corrected chi connectivity index (χ2v) is 6.16. The van der Waals surface area contributed by atoms with Crippen LogP contribution in [0.2, 0.25) is 0 Å². The molecule has 1 aliphatic rings. The van der Waals surface area contributed by atoms with E-state index in [9.17, 15) is 10.1 Å². The van der Waals surface area contributed by atoms with Crippen molar-refractivity contribution in [2.24, 2.45) is 5.73 Å². The average Bonchev–Trinajstić information content (AvgIpc) is 3.08. The van der Waals surface area contributed by atoms with Crippen molar-refractivity contribution in [2.45, 2.75) is 5.92 Å². The van der Waals surface area contributed by atoms with Gasteiger partial charge in [0.15, 0.2) is 0 Å². The van der Waals surface area contributed by atoms with Crippen LogP contribution in [0.25, 0.3) is 10.9 Å². The van der Waals surface area contributed by atoms with E-state index in [4.69, 9.17) is 10.5 Å². The maximum absolute atomic E-state index is 12.6. The number of hydrogen-bond donors (Lipinski definition) is 2. The summed E-state index contributed by atoms with van der Waals surface area (Å²) in [6.07, 6.45) is 0. The fourth-order valence-corrected chi connectivity index (χ4v) is 3.75. The summed E-state index contributed by atoms with van der Waals surface area (Å²) < 4.78 is 5.68. The summed E-state index contributed by atoms with van der Waals surface area (Å²) in [5.41, 5.74) is 7.07. The van der Waals surface area contributed by atoms with E-state index in [0.717, 1.165) is 10.3 Å². The molecule has 0 spiro atoms. The number of allylic oxidation sites excluding steroid dienone is 1. The number of aromatic amines is 1. The number of nitrogens with zero attached hydrogens (tertiary/aromatic N) is 1. The fraction of sp³-hybridized carbons (Fsp3) is 0.0588. The molecule has 3 aromatic rings. The molecule has 4 rings (SSSR count). The summed E-state index contributed by atoms with van der Waals surface area (Å²) in [6.45, 7) is 0. The molecule has 0 saturated carbocycles. The molecule has 1 aromatic carbocycles. The van der Waals surface area contributed by atoms with E-state index in [1.807, 2.05) is 35.7 Å². The van der Waals surface area contributed by atoms with Gasteiger partial charge in [0, 0.05) is 10.3 Å². The van der Waals surface area contributed by atoms with Crippen LogP contribution in [0.1, 0.15) is 16.4 Å². The Balaban J connectivity index is 2.11. The van der Waals surface area contributed by atoms with Crippen LogP contribution in [0.15, 0.2) is 58.0 Å². The van der Waals surface area contributed by atoms with Crippen molar-refractivity contribution < 1.29 is 4.74 Å². The van der Waals surface area contributed by atoms with Gasteiger partial charge in [0.25, 0.3) is 5.56 Å². The number of thiophene rings is 1. The van der Waals surface area contributed by atoms with Crippen LogP contribution in [0, 0.1) is 11.3 Å². The largest absolute Gasteiger partial charge is 0.439 e. The molecule has 1 aliphatic heterocycles. The van der Waals surface area contributed by atoms with Gasteiger partial charge in [-0.25, -0.2) is 0 Å². The number of benzene rings is 1. The third-order valence-electron chi connectivity index (χ3n) is 3.91. The van der Waals surface area contributed by atoms with Gasteiger partial charge in [-0.15, -0.1) is 11.3 Å². The number of nitrogens with one attached hydrogen (secondary N) is 1. The number of ether oxygens (including phenoxy) is 1. The smallest absolute Gasteiger partial charge is 0.256 e. The molecule has 0 amide bonds. The minimum Gasteiger partial charge on any atom is -0.439 e. The lowest BCUT2D eigenvalue weighted by Crippen LogP contribution is -2.27. The van der Waals surface area contributed by atoms with E-state index in [0.29, 0.717) is 16.8 Å². The zero-order valence-corrected chi connectivity index (χ0v) is 12.7. The number of para-hydroxylation sites is 1. The van der Waals surface area contributed by atoms with Gasteiger partial charge in [0.1, 0.15) is 17.4 Å². The van der Waals surface area contributed by atoms with Gasteiger partial charge in [-0.3, -0.25) is 4.79 Å². The predicted molar refractivity (Wildman–Crippen MR) is 88.2 cm³/mol. The van der Waals surface area contributed by atoms with Crippen molar-refractivity contribution >= 4 is 22.2 Å². The zero-order chi connectivity index (χ0) is 16.0. The Morgan fingerprint density at radius 3 is 2.83 bits per heavy atom. The van der Waals surface area contributed by atoms with Gasteiger partial charge in [-0.2, -0.15) is 5.26 Å². The molecule has 0 unspecified atom stereocenters. The van der Waals surface area contributed by atoms with Gasteiger partial charge in [-0.05, 0) is 23.6 Å². The SMILES string of the molecule is N#CC1=C(N)Oc2c(c(=O)[nH]c3ccccc23)[C@@H]1c1cccs1. The van der Waals surface area contributed by atoms with Crippen LogP contribution in [-0.4, -0.2) is 4.98 Å². The summed E-state index contributed by atoms with van der Waals surface area (Å²) in [4.78, 5) is 16.4. The van der Waals surface area contributed by atoms with Gasteiger partial charge in [0.05, 0.1) is 17.0 Å². The second kappa shape index (κ2) is 5.00. The number of fused-ring (bicyclic) bond motifs is 3. The van der Waals surface area contributed by atoms with Gasteiger partial charge >= 0.3 is 0 Å². The molecule has 0 bridgehead atoms. The molecular weight excluding hydrogens is 310 g/mol. The molecule has 23 heavy (non-hydrogen) atoms. The monoisotopic (exact) mass is 321 g/mol. The molecule has 112 valence electrons.